The summed E-state index contributed by atoms with van der Waals surface area (Å²) in [5, 5.41) is 13.0. The SMILES string of the molecule is Cc1nc(C)c(Cn2nc(-c3nnc(C(F)F)s3)c3cc(S(=O)(=O)NC4(CF)CC4)ccc32)s1. The van der Waals surface area contributed by atoms with Crippen LogP contribution in [0.25, 0.3) is 21.6 Å². The molecule has 0 aliphatic heterocycles. The van der Waals surface area contributed by atoms with Crippen molar-refractivity contribution in [3.8, 4) is 10.7 Å². The van der Waals surface area contributed by atoms with Crippen LogP contribution in [0.2, 0.25) is 0 Å². The maximum Gasteiger partial charge on any atom is 0.291 e. The highest BCUT2D eigenvalue weighted by Gasteiger charge is 2.46. The minimum atomic E-state index is -4.01. The lowest BCUT2D eigenvalue weighted by atomic mass is 10.2. The molecule has 8 nitrogen and oxygen atoms in total. The zero-order valence-electron chi connectivity index (χ0n) is 18.0. The van der Waals surface area contributed by atoms with Crippen molar-refractivity contribution in [1.29, 1.82) is 0 Å². The Bertz CT molecular complexity index is 1490. The van der Waals surface area contributed by atoms with Gasteiger partial charge in [0.05, 0.1) is 33.2 Å². The largest absolute Gasteiger partial charge is 0.291 e. The van der Waals surface area contributed by atoms with Crippen LogP contribution in [-0.4, -0.2) is 45.6 Å². The van der Waals surface area contributed by atoms with Crippen molar-refractivity contribution in [2.45, 2.75) is 50.1 Å². The topological polar surface area (TPSA) is 103 Å². The quantitative estimate of drug-likeness (QED) is 0.364. The van der Waals surface area contributed by atoms with E-state index in [1.165, 1.54) is 23.5 Å². The number of fused-ring (bicyclic) bond motifs is 1. The number of nitrogens with one attached hydrogen (secondary N) is 1. The highest BCUT2D eigenvalue weighted by Crippen LogP contribution is 2.38. The van der Waals surface area contributed by atoms with E-state index in [0.29, 0.717) is 41.6 Å². The Kier molecular flexibility index (Phi) is 5.73. The smallest absolute Gasteiger partial charge is 0.259 e. The lowest BCUT2D eigenvalue weighted by Crippen LogP contribution is -2.38. The summed E-state index contributed by atoms with van der Waals surface area (Å²) in [5.41, 5.74) is 0.656. The van der Waals surface area contributed by atoms with Crippen LogP contribution in [0.3, 0.4) is 0 Å². The van der Waals surface area contributed by atoms with Gasteiger partial charge in [-0.15, -0.1) is 21.5 Å². The van der Waals surface area contributed by atoms with Crippen molar-refractivity contribution < 1.29 is 21.6 Å². The first-order chi connectivity index (χ1) is 16.1. The van der Waals surface area contributed by atoms with Crippen molar-refractivity contribution >= 4 is 43.6 Å². The fourth-order valence-electron chi connectivity index (χ4n) is 3.64. The van der Waals surface area contributed by atoms with Crippen LogP contribution < -0.4 is 4.72 Å². The average Bonchev–Trinajstić information content (AvgIpc) is 3.11. The number of thiazole rings is 1. The molecule has 14 heteroatoms. The molecule has 0 saturated heterocycles. The van der Waals surface area contributed by atoms with Crippen LogP contribution in [0.15, 0.2) is 23.1 Å². The van der Waals surface area contributed by atoms with E-state index in [0.717, 1.165) is 15.6 Å². The number of hydrogen-bond acceptors (Lipinski definition) is 8. The van der Waals surface area contributed by atoms with Gasteiger partial charge in [0, 0.05) is 10.3 Å². The number of hydrogen-bond donors (Lipinski definition) is 1. The Morgan fingerprint density at radius 3 is 2.56 bits per heavy atom. The lowest BCUT2D eigenvalue weighted by Gasteiger charge is -2.14. The summed E-state index contributed by atoms with van der Waals surface area (Å²) < 4.78 is 69.6. The fraction of sp³-hybridized carbons (Fsp3) is 0.400. The van der Waals surface area contributed by atoms with E-state index in [4.69, 9.17) is 0 Å². The van der Waals surface area contributed by atoms with Gasteiger partial charge in [-0.2, -0.15) is 5.10 Å². The summed E-state index contributed by atoms with van der Waals surface area (Å²) in [7, 11) is -4.01. The molecule has 0 amide bonds. The third-order valence-corrected chi connectivity index (χ3v) is 9.19. The fourth-order valence-corrected chi connectivity index (χ4v) is 6.72. The van der Waals surface area contributed by atoms with E-state index >= 15 is 0 Å². The second-order valence-electron chi connectivity index (χ2n) is 8.19. The number of aryl methyl sites for hydroxylation is 2. The molecule has 1 fully saturated rings. The molecule has 4 aromatic rings. The molecule has 3 heterocycles. The normalized spacial score (nSPS) is 15.5. The number of nitrogens with zero attached hydrogens (tertiary/aromatic N) is 5. The second-order valence-corrected chi connectivity index (χ2v) is 12.2. The molecule has 0 radical (unpaired) electrons. The Labute approximate surface area is 200 Å². The predicted octanol–water partition coefficient (Wildman–Crippen LogP) is 4.39. The molecule has 34 heavy (non-hydrogen) atoms. The molecule has 0 atom stereocenters. The van der Waals surface area contributed by atoms with Gasteiger partial charge in [0.2, 0.25) is 10.0 Å². The molecule has 1 aliphatic rings. The van der Waals surface area contributed by atoms with Crippen LogP contribution >= 0.6 is 22.7 Å². The molecule has 3 aromatic heterocycles. The standard InChI is InChI=1S/C20H19F3N6O2S3/c1-10-15(32-11(2)24-10)8-29-14-4-3-12(34(30,31)28-20(9-21)5-6-20)7-13(14)16(27-29)18-25-26-19(33-18)17(22)23/h3-4,7,17,28H,5-6,8-9H2,1-2H3. The van der Waals surface area contributed by atoms with Gasteiger partial charge in [-0.25, -0.2) is 31.3 Å². The monoisotopic (exact) mass is 528 g/mol. The maximum atomic E-state index is 13.3. The number of aromatic nitrogens is 5. The average molecular weight is 529 g/mol. The van der Waals surface area contributed by atoms with Crippen molar-refractivity contribution in [2.75, 3.05) is 6.67 Å². The van der Waals surface area contributed by atoms with Crippen molar-refractivity contribution in [1.82, 2.24) is 29.7 Å². The molecule has 1 N–H and O–H groups in total. The summed E-state index contributed by atoms with van der Waals surface area (Å²) in [6.45, 7) is 3.37. The number of halogens is 3. The first kappa shape index (κ1) is 23.3. The Balaban J connectivity index is 1.63. The molecular weight excluding hydrogens is 509 g/mol. The summed E-state index contributed by atoms with van der Waals surface area (Å²) in [6, 6.07) is 4.45. The van der Waals surface area contributed by atoms with E-state index in [1.807, 2.05) is 13.8 Å². The van der Waals surface area contributed by atoms with Crippen LogP contribution in [0, 0.1) is 13.8 Å². The van der Waals surface area contributed by atoms with Crippen LogP contribution in [0.4, 0.5) is 13.2 Å². The van der Waals surface area contributed by atoms with E-state index < -0.39 is 33.7 Å². The molecule has 180 valence electrons. The van der Waals surface area contributed by atoms with Gasteiger partial charge in [-0.05, 0) is 44.9 Å². The van der Waals surface area contributed by atoms with Crippen molar-refractivity contribution in [3.05, 3.63) is 38.8 Å². The van der Waals surface area contributed by atoms with E-state index in [-0.39, 0.29) is 15.6 Å². The van der Waals surface area contributed by atoms with Crippen LogP contribution in [-0.2, 0) is 16.6 Å². The van der Waals surface area contributed by atoms with Crippen molar-refractivity contribution in [3.63, 3.8) is 0 Å². The third-order valence-electron chi connectivity index (χ3n) is 5.62. The first-order valence-corrected chi connectivity index (χ1v) is 13.4. The summed E-state index contributed by atoms with van der Waals surface area (Å²) in [4.78, 5) is 5.33. The molecule has 1 aromatic carbocycles. The third kappa shape index (κ3) is 4.23. The van der Waals surface area contributed by atoms with Gasteiger partial charge >= 0.3 is 0 Å². The Morgan fingerprint density at radius 1 is 1.21 bits per heavy atom. The number of alkyl halides is 3. The first-order valence-electron chi connectivity index (χ1n) is 10.3. The molecule has 0 spiro atoms. The summed E-state index contributed by atoms with van der Waals surface area (Å²) in [5.74, 6) is 0. The zero-order chi connectivity index (χ0) is 24.3. The predicted molar refractivity (Wildman–Crippen MR) is 123 cm³/mol. The highest BCUT2D eigenvalue weighted by molar-refractivity contribution is 7.89. The van der Waals surface area contributed by atoms with Gasteiger partial charge < -0.3 is 0 Å². The van der Waals surface area contributed by atoms with E-state index in [1.54, 1.807) is 10.7 Å². The number of benzene rings is 1. The van der Waals surface area contributed by atoms with Gasteiger partial charge in [-0.3, -0.25) is 4.68 Å². The van der Waals surface area contributed by atoms with E-state index in [2.05, 4.69) is 25.0 Å². The van der Waals surface area contributed by atoms with Crippen LogP contribution in [0.5, 0.6) is 0 Å². The van der Waals surface area contributed by atoms with Gasteiger partial charge in [0.25, 0.3) is 6.43 Å². The van der Waals surface area contributed by atoms with Gasteiger partial charge in [0.1, 0.15) is 12.4 Å². The maximum absolute atomic E-state index is 13.3. The van der Waals surface area contributed by atoms with Gasteiger partial charge in [0.15, 0.2) is 10.0 Å². The molecular formula is C20H19F3N6O2S3. The summed E-state index contributed by atoms with van der Waals surface area (Å²) in [6.07, 6.45) is -1.91. The minimum absolute atomic E-state index is 0.0658. The minimum Gasteiger partial charge on any atom is -0.259 e. The number of sulfonamides is 1. The van der Waals surface area contributed by atoms with Crippen LogP contribution in [0.1, 0.15) is 39.9 Å². The second kappa shape index (κ2) is 8.36. The molecule has 1 saturated carbocycles. The molecule has 0 unspecified atom stereocenters. The Hall–Kier alpha value is -2.42. The molecule has 0 bridgehead atoms. The summed E-state index contributed by atoms with van der Waals surface area (Å²) >= 11 is 2.22. The molecule has 1 aliphatic carbocycles. The zero-order valence-corrected chi connectivity index (χ0v) is 20.5. The van der Waals surface area contributed by atoms with E-state index in [9.17, 15) is 21.6 Å². The van der Waals surface area contributed by atoms with Crippen molar-refractivity contribution in [2.24, 2.45) is 0 Å². The molecule has 5 rings (SSSR count). The lowest BCUT2D eigenvalue weighted by molar-refractivity contribution is 0.150. The van der Waals surface area contributed by atoms with Gasteiger partial charge in [-0.1, -0.05) is 11.3 Å². The highest BCUT2D eigenvalue weighted by atomic mass is 32.2. The number of rotatable bonds is 8. The Morgan fingerprint density at radius 2 is 1.97 bits per heavy atom.